The molecule has 2 nitrogen and oxygen atoms in total. The Morgan fingerprint density at radius 2 is 1.59 bits per heavy atom. The molecule has 0 aliphatic rings. The van der Waals surface area contributed by atoms with Gasteiger partial charge in [0.05, 0.1) is 0 Å². The van der Waals surface area contributed by atoms with Gasteiger partial charge in [0, 0.05) is 11.8 Å². The first-order chi connectivity index (χ1) is 10.9. The molecule has 0 aliphatic heterocycles. The van der Waals surface area contributed by atoms with Crippen molar-refractivity contribution in [1.29, 1.82) is 0 Å². The number of fused-ring (bicyclic) bond motifs is 1. The van der Waals surface area contributed by atoms with Crippen LogP contribution in [0, 0.1) is 0 Å². The highest BCUT2D eigenvalue weighted by Gasteiger charge is 2.14. The van der Waals surface area contributed by atoms with Gasteiger partial charge in [-0.05, 0) is 30.6 Å². The Morgan fingerprint density at radius 3 is 2.41 bits per heavy atom. The van der Waals surface area contributed by atoms with Gasteiger partial charge in [-0.1, -0.05) is 66.7 Å². The van der Waals surface area contributed by atoms with Gasteiger partial charge in [-0.15, -0.1) is 0 Å². The first-order valence-corrected chi connectivity index (χ1v) is 7.72. The molecule has 0 amide bonds. The molecule has 0 fully saturated rings. The summed E-state index contributed by atoms with van der Waals surface area (Å²) in [5, 5.41) is 5.58. The molecule has 0 saturated heterocycles. The predicted molar refractivity (Wildman–Crippen MR) is 92.3 cm³/mol. The van der Waals surface area contributed by atoms with E-state index in [9.17, 15) is 0 Å². The van der Waals surface area contributed by atoms with E-state index in [2.05, 4.69) is 72.0 Å². The molecule has 0 radical (unpaired) electrons. The van der Waals surface area contributed by atoms with E-state index in [-0.39, 0.29) is 6.10 Å². The number of nitrogens with one attached hydrogen (secondary N) is 1. The molecular weight excluding hydrogens is 270 g/mol. The van der Waals surface area contributed by atoms with Gasteiger partial charge in [0.2, 0.25) is 0 Å². The molecule has 1 atom stereocenters. The van der Waals surface area contributed by atoms with Crippen LogP contribution in [0.2, 0.25) is 0 Å². The zero-order chi connectivity index (χ0) is 15.2. The molecule has 0 aliphatic carbocycles. The van der Waals surface area contributed by atoms with Crippen molar-refractivity contribution in [2.45, 2.75) is 12.5 Å². The molecule has 3 aromatic rings. The highest BCUT2D eigenvalue weighted by molar-refractivity contribution is 5.88. The monoisotopic (exact) mass is 291 g/mol. The first kappa shape index (κ1) is 14.6. The third kappa shape index (κ3) is 3.29. The standard InChI is InChI=1S/C20H21NO/c1-21-15-14-19(17-9-3-2-4-10-17)22-20-13-7-11-16-8-5-6-12-18(16)20/h2-13,19,21H,14-15H2,1H3/t19-/m0/s1. The lowest BCUT2D eigenvalue weighted by Gasteiger charge is -2.20. The lowest BCUT2D eigenvalue weighted by Crippen LogP contribution is -2.16. The van der Waals surface area contributed by atoms with Crippen molar-refractivity contribution in [3.63, 3.8) is 0 Å². The van der Waals surface area contributed by atoms with Crippen molar-refractivity contribution in [3.8, 4) is 5.75 Å². The Balaban J connectivity index is 1.92. The number of hydrogen-bond donors (Lipinski definition) is 1. The Hall–Kier alpha value is -2.32. The van der Waals surface area contributed by atoms with Crippen LogP contribution in [-0.2, 0) is 0 Å². The molecule has 1 N–H and O–H groups in total. The smallest absolute Gasteiger partial charge is 0.128 e. The minimum Gasteiger partial charge on any atom is -0.485 e. The van der Waals surface area contributed by atoms with Gasteiger partial charge in [-0.3, -0.25) is 0 Å². The Morgan fingerprint density at radius 1 is 0.864 bits per heavy atom. The lowest BCUT2D eigenvalue weighted by molar-refractivity contribution is 0.197. The molecule has 22 heavy (non-hydrogen) atoms. The van der Waals surface area contributed by atoms with Crippen molar-refractivity contribution in [3.05, 3.63) is 78.4 Å². The number of hydrogen-bond acceptors (Lipinski definition) is 2. The van der Waals surface area contributed by atoms with Crippen LogP contribution >= 0.6 is 0 Å². The fraction of sp³-hybridized carbons (Fsp3) is 0.200. The summed E-state index contributed by atoms with van der Waals surface area (Å²) in [5.41, 5.74) is 1.21. The minimum atomic E-state index is 0.0551. The van der Waals surface area contributed by atoms with Crippen LogP contribution in [-0.4, -0.2) is 13.6 Å². The van der Waals surface area contributed by atoms with E-state index < -0.39 is 0 Å². The van der Waals surface area contributed by atoms with E-state index in [1.165, 1.54) is 10.9 Å². The van der Waals surface area contributed by atoms with Crippen LogP contribution in [0.1, 0.15) is 18.1 Å². The molecule has 0 heterocycles. The van der Waals surface area contributed by atoms with Gasteiger partial charge in [0.25, 0.3) is 0 Å². The quantitative estimate of drug-likeness (QED) is 0.718. The van der Waals surface area contributed by atoms with Gasteiger partial charge < -0.3 is 10.1 Å². The Labute approximate surface area is 131 Å². The fourth-order valence-electron chi connectivity index (χ4n) is 2.69. The van der Waals surface area contributed by atoms with Crippen molar-refractivity contribution in [2.24, 2.45) is 0 Å². The largest absolute Gasteiger partial charge is 0.485 e. The zero-order valence-corrected chi connectivity index (χ0v) is 12.8. The molecule has 0 saturated carbocycles. The number of ether oxygens (including phenoxy) is 1. The van der Waals surface area contributed by atoms with E-state index in [0.29, 0.717) is 0 Å². The van der Waals surface area contributed by atoms with Crippen molar-refractivity contribution >= 4 is 10.8 Å². The fourth-order valence-corrected chi connectivity index (χ4v) is 2.69. The van der Waals surface area contributed by atoms with Crippen LogP contribution < -0.4 is 10.1 Å². The van der Waals surface area contributed by atoms with Gasteiger partial charge in [0.15, 0.2) is 0 Å². The molecule has 0 unspecified atom stereocenters. The molecule has 0 spiro atoms. The van der Waals surface area contributed by atoms with Crippen LogP contribution in [0.3, 0.4) is 0 Å². The van der Waals surface area contributed by atoms with Crippen molar-refractivity contribution < 1.29 is 4.74 Å². The predicted octanol–water partition coefficient (Wildman–Crippen LogP) is 4.57. The summed E-state index contributed by atoms with van der Waals surface area (Å²) in [7, 11) is 1.97. The SMILES string of the molecule is CNCC[C@H](Oc1cccc2ccccc12)c1ccccc1. The van der Waals surface area contributed by atoms with Crippen LogP contribution in [0.4, 0.5) is 0 Å². The van der Waals surface area contributed by atoms with Crippen LogP contribution in [0.25, 0.3) is 10.8 Å². The molecule has 112 valence electrons. The average molecular weight is 291 g/mol. The third-order valence-corrected chi connectivity index (χ3v) is 3.85. The van der Waals surface area contributed by atoms with Gasteiger partial charge in [-0.2, -0.15) is 0 Å². The van der Waals surface area contributed by atoms with Crippen LogP contribution in [0.15, 0.2) is 72.8 Å². The first-order valence-electron chi connectivity index (χ1n) is 7.72. The van der Waals surface area contributed by atoms with E-state index in [1.807, 2.05) is 13.1 Å². The van der Waals surface area contributed by atoms with Gasteiger partial charge >= 0.3 is 0 Å². The zero-order valence-electron chi connectivity index (χ0n) is 12.8. The molecule has 0 aromatic heterocycles. The van der Waals surface area contributed by atoms with E-state index in [4.69, 9.17) is 4.74 Å². The molecule has 2 heteroatoms. The third-order valence-electron chi connectivity index (χ3n) is 3.85. The summed E-state index contributed by atoms with van der Waals surface area (Å²) in [6.45, 7) is 0.921. The topological polar surface area (TPSA) is 21.3 Å². The number of rotatable bonds is 6. The second kappa shape index (κ2) is 7.10. The maximum absolute atomic E-state index is 6.38. The Bertz CT molecular complexity index is 719. The molecule has 3 rings (SSSR count). The summed E-state index contributed by atoms with van der Waals surface area (Å²) in [6.07, 6.45) is 0.989. The summed E-state index contributed by atoms with van der Waals surface area (Å²) >= 11 is 0. The molecular formula is C20H21NO. The lowest BCUT2D eigenvalue weighted by atomic mass is 10.1. The summed E-state index contributed by atoms with van der Waals surface area (Å²) in [5.74, 6) is 0.947. The Kier molecular flexibility index (Phi) is 4.71. The molecule has 0 bridgehead atoms. The van der Waals surface area contributed by atoms with Crippen molar-refractivity contribution in [2.75, 3.05) is 13.6 Å². The maximum Gasteiger partial charge on any atom is 0.128 e. The van der Waals surface area contributed by atoms with E-state index in [0.717, 1.165) is 24.1 Å². The van der Waals surface area contributed by atoms with E-state index in [1.54, 1.807) is 0 Å². The average Bonchev–Trinajstić information content (AvgIpc) is 2.59. The normalized spacial score (nSPS) is 12.2. The minimum absolute atomic E-state index is 0.0551. The maximum atomic E-state index is 6.38. The summed E-state index contributed by atoms with van der Waals surface area (Å²) in [6, 6.07) is 25.0. The van der Waals surface area contributed by atoms with Gasteiger partial charge in [0.1, 0.15) is 11.9 Å². The second-order valence-electron chi connectivity index (χ2n) is 5.39. The number of benzene rings is 3. The van der Waals surface area contributed by atoms with Crippen LogP contribution in [0.5, 0.6) is 5.75 Å². The second-order valence-corrected chi connectivity index (χ2v) is 5.39. The van der Waals surface area contributed by atoms with Gasteiger partial charge in [-0.25, -0.2) is 0 Å². The highest BCUT2D eigenvalue weighted by atomic mass is 16.5. The summed E-state index contributed by atoms with van der Waals surface area (Å²) in [4.78, 5) is 0. The molecule has 3 aromatic carbocycles. The highest BCUT2D eigenvalue weighted by Crippen LogP contribution is 2.30. The van der Waals surface area contributed by atoms with Crippen molar-refractivity contribution in [1.82, 2.24) is 5.32 Å². The van der Waals surface area contributed by atoms with E-state index >= 15 is 0 Å². The summed E-state index contributed by atoms with van der Waals surface area (Å²) < 4.78 is 6.38.